The first-order valence-electron chi connectivity index (χ1n) is 17.6. The molecule has 1 aromatic heterocycles. The van der Waals surface area contributed by atoms with E-state index >= 15 is 0 Å². The third-order valence-electron chi connectivity index (χ3n) is 8.74. The van der Waals surface area contributed by atoms with Crippen LogP contribution in [0.25, 0.3) is 44.7 Å². The quantitative estimate of drug-likeness (QED) is 0.193. The van der Waals surface area contributed by atoms with Crippen molar-refractivity contribution in [2.75, 3.05) is 4.90 Å². The highest BCUT2D eigenvalue weighted by molar-refractivity contribution is 6.02. The van der Waals surface area contributed by atoms with Crippen LogP contribution in [0.3, 0.4) is 0 Å². The lowest BCUT2D eigenvalue weighted by atomic mass is 9.86. The van der Waals surface area contributed by atoms with Gasteiger partial charge >= 0.3 is 0 Å². The molecule has 0 atom stereocenters. The highest BCUT2D eigenvalue weighted by atomic mass is 16.3. The lowest BCUT2D eigenvalue weighted by Crippen LogP contribution is -2.14. The van der Waals surface area contributed by atoms with Crippen LogP contribution in [0.5, 0.6) is 0 Å². The van der Waals surface area contributed by atoms with E-state index in [4.69, 9.17) is 11.3 Å². The number of hydrogen-bond donors (Lipinski definition) is 0. The summed E-state index contributed by atoms with van der Waals surface area (Å²) in [6, 6.07) is 42.4. The molecule has 2 nitrogen and oxygen atoms in total. The molecule has 0 aliphatic heterocycles. The summed E-state index contributed by atoms with van der Waals surface area (Å²) in [7, 11) is 0. The van der Waals surface area contributed by atoms with Crippen LogP contribution in [-0.2, 0) is 5.41 Å². The maximum Gasteiger partial charge on any atom is 0.142 e. The SMILES string of the molecule is [2H]c1c([2H])c([2H])c(N(c2ccc(-c3ccccc3)cc2)c2ccccc2-c2c(-c3ccccc3)oc3c2-c2ccccc2C3(C)C)c([2H])c1[2H]. The predicted molar refractivity (Wildman–Crippen MR) is 187 cm³/mol. The van der Waals surface area contributed by atoms with Crippen LogP contribution in [0.2, 0.25) is 0 Å². The summed E-state index contributed by atoms with van der Waals surface area (Å²) >= 11 is 0. The molecule has 216 valence electrons. The van der Waals surface area contributed by atoms with E-state index in [-0.39, 0.29) is 17.8 Å². The molecule has 0 saturated heterocycles. The Labute approximate surface area is 271 Å². The molecule has 0 amide bonds. The van der Waals surface area contributed by atoms with Crippen LogP contribution in [0.15, 0.2) is 168 Å². The summed E-state index contributed by atoms with van der Waals surface area (Å²) < 4.78 is 50.7. The molecule has 1 heterocycles. The van der Waals surface area contributed by atoms with E-state index in [2.05, 4.69) is 32.0 Å². The maximum atomic E-state index is 9.10. The topological polar surface area (TPSA) is 16.4 Å². The van der Waals surface area contributed by atoms with Crippen molar-refractivity contribution in [3.63, 3.8) is 0 Å². The van der Waals surface area contributed by atoms with Gasteiger partial charge in [-0.3, -0.25) is 0 Å². The molecule has 1 aliphatic carbocycles. The first-order valence-corrected chi connectivity index (χ1v) is 15.1. The van der Waals surface area contributed by atoms with Crippen molar-refractivity contribution < 1.29 is 11.3 Å². The number of fused-ring (bicyclic) bond motifs is 3. The molecule has 0 spiro atoms. The van der Waals surface area contributed by atoms with E-state index in [9.17, 15) is 0 Å². The Morgan fingerprint density at radius 2 is 1.11 bits per heavy atom. The van der Waals surface area contributed by atoms with Gasteiger partial charge in [-0.05, 0) is 66.4 Å². The number of hydrogen-bond acceptors (Lipinski definition) is 2. The summed E-state index contributed by atoms with van der Waals surface area (Å²) in [6.07, 6.45) is 0. The van der Waals surface area contributed by atoms with Crippen LogP contribution < -0.4 is 4.90 Å². The van der Waals surface area contributed by atoms with Crippen molar-refractivity contribution in [1.29, 1.82) is 0 Å². The van der Waals surface area contributed by atoms with Crippen LogP contribution in [0.4, 0.5) is 17.1 Å². The van der Waals surface area contributed by atoms with Gasteiger partial charge in [0.25, 0.3) is 0 Å². The van der Waals surface area contributed by atoms with Gasteiger partial charge in [-0.25, -0.2) is 0 Å². The number of para-hydroxylation sites is 2. The summed E-state index contributed by atoms with van der Waals surface area (Å²) in [5.41, 5.74) is 8.90. The van der Waals surface area contributed by atoms with Gasteiger partial charge in [0.1, 0.15) is 11.5 Å². The molecule has 45 heavy (non-hydrogen) atoms. The van der Waals surface area contributed by atoms with Crippen LogP contribution >= 0.6 is 0 Å². The fraction of sp³-hybridized carbons (Fsp3) is 0.0698. The van der Waals surface area contributed by atoms with Crippen molar-refractivity contribution >= 4 is 17.1 Å². The summed E-state index contributed by atoms with van der Waals surface area (Å²) in [6.45, 7) is 4.36. The van der Waals surface area contributed by atoms with E-state index in [0.29, 0.717) is 17.1 Å². The third kappa shape index (κ3) is 4.49. The van der Waals surface area contributed by atoms with Gasteiger partial charge in [-0.2, -0.15) is 0 Å². The van der Waals surface area contributed by atoms with Crippen molar-refractivity contribution in [2.45, 2.75) is 19.3 Å². The minimum atomic E-state index is -0.436. The van der Waals surface area contributed by atoms with Gasteiger partial charge in [0.15, 0.2) is 0 Å². The molecule has 1 aliphatic rings. The Hall–Kier alpha value is -5.60. The van der Waals surface area contributed by atoms with E-state index in [1.165, 1.54) is 5.56 Å². The van der Waals surface area contributed by atoms with E-state index in [1.807, 2.05) is 115 Å². The molecule has 0 unspecified atom stereocenters. The number of furan rings is 1. The Morgan fingerprint density at radius 3 is 1.82 bits per heavy atom. The Bertz CT molecular complexity index is 2370. The summed E-state index contributed by atoms with van der Waals surface area (Å²) in [5.74, 6) is 1.58. The number of nitrogens with zero attached hydrogens (tertiary/aromatic N) is 1. The van der Waals surface area contributed by atoms with Gasteiger partial charge in [0.05, 0.1) is 12.5 Å². The second kappa shape index (κ2) is 10.8. The van der Waals surface area contributed by atoms with E-state index in [0.717, 1.165) is 44.7 Å². The second-order valence-electron chi connectivity index (χ2n) is 11.8. The zero-order valence-electron chi connectivity index (χ0n) is 30.1. The lowest BCUT2D eigenvalue weighted by Gasteiger charge is -2.28. The minimum absolute atomic E-state index is 0.0676. The molecule has 0 N–H and O–H groups in total. The molecular weight excluding hydrogens is 546 g/mol. The normalized spacial score (nSPS) is 14.4. The molecule has 0 saturated carbocycles. The maximum absolute atomic E-state index is 9.10. The van der Waals surface area contributed by atoms with Crippen molar-refractivity contribution in [3.05, 3.63) is 175 Å². The standard InChI is InChI=1S/C43H33NO/c1-43(2)37-24-14-12-22-35(37)40-39(41(45-42(40)43)32-18-8-4-9-19-32)36-23-13-15-25-38(36)44(33-20-10-5-11-21-33)34-28-26-31(27-29-34)30-16-6-3-7-17-30/h3-29H,1-2H3/i5D,10D,11D,20D,21D. The fourth-order valence-corrected chi connectivity index (χ4v) is 6.60. The Kier molecular flexibility index (Phi) is 5.30. The smallest absolute Gasteiger partial charge is 0.142 e. The van der Waals surface area contributed by atoms with Crippen LogP contribution in [0.1, 0.15) is 32.0 Å². The van der Waals surface area contributed by atoms with Gasteiger partial charge in [0.2, 0.25) is 0 Å². The minimum Gasteiger partial charge on any atom is -0.459 e. The van der Waals surface area contributed by atoms with Crippen molar-refractivity contribution in [1.82, 2.24) is 0 Å². The Morgan fingerprint density at radius 1 is 0.533 bits per heavy atom. The molecule has 0 bridgehead atoms. The Balaban J connectivity index is 1.44. The zero-order chi connectivity index (χ0) is 34.7. The van der Waals surface area contributed by atoms with E-state index in [1.54, 1.807) is 4.90 Å². The van der Waals surface area contributed by atoms with Crippen molar-refractivity contribution in [2.24, 2.45) is 0 Å². The van der Waals surface area contributed by atoms with E-state index < -0.39 is 23.5 Å². The molecule has 7 aromatic rings. The molecule has 8 rings (SSSR count). The molecule has 0 fully saturated rings. The first kappa shape index (κ1) is 22.0. The first-order chi connectivity index (χ1) is 24.2. The second-order valence-corrected chi connectivity index (χ2v) is 11.8. The largest absolute Gasteiger partial charge is 0.459 e. The fourth-order valence-electron chi connectivity index (χ4n) is 6.60. The average molecular weight is 585 g/mol. The molecule has 6 aromatic carbocycles. The molecule has 2 heteroatoms. The zero-order valence-corrected chi connectivity index (χ0v) is 25.1. The van der Waals surface area contributed by atoms with Crippen molar-refractivity contribution in [3.8, 4) is 44.7 Å². The number of benzene rings is 6. The van der Waals surface area contributed by atoms with Gasteiger partial charge in [-0.1, -0.05) is 133 Å². The summed E-state index contributed by atoms with van der Waals surface area (Å²) in [5, 5.41) is 0. The van der Waals surface area contributed by atoms with Gasteiger partial charge in [-0.15, -0.1) is 0 Å². The highest BCUT2D eigenvalue weighted by Crippen LogP contribution is 2.58. The number of rotatable bonds is 6. The van der Waals surface area contributed by atoms with Gasteiger partial charge < -0.3 is 9.32 Å². The predicted octanol–water partition coefficient (Wildman–Crippen LogP) is 12.1. The van der Waals surface area contributed by atoms with Crippen LogP contribution in [0, 0.1) is 0 Å². The highest BCUT2D eigenvalue weighted by Gasteiger charge is 2.42. The molecular formula is C43H33NO. The number of anilines is 3. The molecule has 0 radical (unpaired) electrons. The van der Waals surface area contributed by atoms with Crippen LogP contribution in [-0.4, -0.2) is 0 Å². The monoisotopic (exact) mass is 584 g/mol. The third-order valence-corrected chi connectivity index (χ3v) is 8.74. The van der Waals surface area contributed by atoms with Gasteiger partial charge in [0, 0.05) is 39.0 Å². The average Bonchev–Trinajstić information content (AvgIpc) is 3.66. The summed E-state index contributed by atoms with van der Waals surface area (Å²) in [4.78, 5) is 1.80. The lowest BCUT2D eigenvalue weighted by molar-refractivity contribution is 0.448.